The van der Waals surface area contributed by atoms with Crippen molar-refractivity contribution < 1.29 is 9.18 Å². The molecule has 0 aliphatic heterocycles. The number of halogens is 1. The number of fused-ring (bicyclic) bond motifs is 1. The highest BCUT2D eigenvalue weighted by atomic mass is 32.2. The molecule has 3 heterocycles. The largest absolute Gasteiger partial charge is 0.351 e. The van der Waals surface area contributed by atoms with E-state index in [1.54, 1.807) is 48.3 Å². The van der Waals surface area contributed by atoms with Crippen LogP contribution in [0.4, 0.5) is 4.39 Å². The van der Waals surface area contributed by atoms with Crippen molar-refractivity contribution in [2.75, 3.05) is 12.0 Å². The Morgan fingerprint density at radius 2 is 2.06 bits per heavy atom. The fraction of sp³-hybridized carbons (Fsp3) is 0.182. The highest BCUT2D eigenvalue weighted by Gasteiger charge is 2.20. The summed E-state index contributed by atoms with van der Waals surface area (Å²) in [6.07, 6.45) is 4.17. The van der Waals surface area contributed by atoms with Gasteiger partial charge in [0.25, 0.3) is 11.5 Å². The number of aromatic nitrogens is 4. The third-order valence-electron chi connectivity index (χ3n) is 4.77. The molecule has 31 heavy (non-hydrogen) atoms. The SMILES string of the molecule is CSCCC(NC(=O)c1cc2cc(F)ccc2[nH]1)c1cc(=O)[nH]c(-c2ccccn2)n1. The number of H-pyrrole nitrogens is 2. The van der Waals surface area contributed by atoms with Crippen LogP contribution in [0.15, 0.2) is 59.5 Å². The minimum Gasteiger partial charge on any atom is -0.351 e. The fourth-order valence-electron chi connectivity index (χ4n) is 3.27. The Labute approximate surface area is 181 Å². The molecular formula is C22H20FN5O2S. The number of thioether (sulfide) groups is 1. The lowest BCUT2D eigenvalue weighted by Crippen LogP contribution is -2.31. The van der Waals surface area contributed by atoms with Crippen molar-refractivity contribution >= 4 is 28.6 Å². The van der Waals surface area contributed by atoms with Crippen LogP contribution in [0.5, 0.6) is 0 Å². The normalized spacial score (nSPS) is 12.1. The van der Waals surface area contributed by atoms with Crippen LogP contribution in [-0.4, -0.2) is 37.9 Å². The molecule has 0 spiro atoms. The molecule has 7 nitrogen and oxygen atoms in total. The van der Waals surface area contributed by atoms with Gasteiger partial charge in [0.1, 0.15) is 17.2 Å². The molecule has 3 aromatic heterocycles. The van der Waals surface area contributed by atoms with E-state index in [1.165, 1.54) is 18.2 Å². The molecule has 0 saturated heterocycles. The van der Waals surface area contributed by atoms with Crippen LogP contribution in [0.25, 0.3) is 22.4 Å². The van der Waals surface area contributed by atoms with E-state index in [9.17, 15) is 14.0 Å². The first kappa shape index (κ1) is 20.8. The van der Waals surface area contributed by atoms with Gasteiger partial charge in [-0.3, -0.25) is 14.6 Å². The number of nitrogens with one attached hydrogen (secondary N) is 3. The molecule has 1 unspecified atom stereocenters. The minimum atomic E-state index is -0.479. The van der Waals surface area contributed by atoms with Crippen molar-refractivity contribution in [1.82, 2.24) is 25.3 Å². The van der Waals surface area contributed by atoms with Crippen LogP contribution in [0.2, 0.25) is 0 Å². The average molecular weight is 438 g/mol. The second-order valence-electron chi connectivity index (χ2n) is 6.96. The summed E-state index contributed by atoms with van der Waals surface area (Å²) < 4.78 is 13.5. The Hall–Kier alpha value is -3.46. The van der Waals surface area contributed by atoms with E-state index >= 15 is 0 Å². The summed E-state index contributed by atoms with van der Waals surface area (Å²) in [5.41, 5.74) is 1.64. The molecule has 0 fully saturated rings. The van der Waals surface area contributed by atoms with E-state index < -0.39 is 6.04 Å². The second kappa shape index (κ2) is 9.13. The number of pyridine rings is 1. The van der Waals surface area contributed by atoms with Gasteiger partial charge in [0, 0.05) is 23.2 Å². The number of carbonyl (C=O) groups is 1. The summed E-state index contributed by atoms with van der Waals surface area (Å²) in [6, 6.07) is 12.1. The Bertz CT molecular complexity index is 1270. The highest BCUT2D eigenvalue weighted by molar-refractivity contribution is 7.98. The number of carbonyl (C=O) groups excluding carboxylic acids is 1. The maximum Gasteiger partial charge on any atom is 0.268 e. The number of nitrogens with zero attached hydrogens (tertiary/aromatic N) is 2. The molecule has 0 aliphatic carbocycles. The van der Waals surface area contributed by atoms with Crippen molar-refractivity contribution in [2.24, 2.45) is 0 Å². The topological polar surface area (TPSA) is 104 Å². The van der Waals surface area contributed by atoms with Gasteiger partial charge in [-0.1, -0.05) is 6.07 Å². The zero-order valence-corrected chi connectivity index (χ0v) is 17.5. The predicted molar refractivity (Wildman–Crippen MR) is 120 cm³/mol. The van der Waals surface area contributed by atoms with Gasteiger partial charge in [-0.2, -0.15) is 11.8 Å². The summed E-state index contributed by atoms with van der Waals surface area (Å²) in [4.78, 5) is 39.7. The lowest BCUT2D eigenvalue weighted by molar-refractivity contribution is 0.0930. The molecule has 0 aliphatic rings. The molecule has 0 radical (unpaired) electrons. The summed E-state index contributed by atoms with van der Waals surface area (Å²) in [5, 5.41) is 3.56. The first-order chi connectivity index (χ1) is 15.0. The van der Waals surface area contributed by atoms with E-state index in [0.717, 1.165) is 5.75 Å². The van der Waals surface area contributed by atoms with Gasteiger partial charge in [-0.05, 0) is 54.8 Å². The van der Waals surface area contributed by atoms with Gasteiger partial charge in [0.2, 0.25) is 0 Å². The molecule has 4 rings (SSSR count). The van der Waals surface area contributed by atoms with Gasteiger partial charge in [0.15, 0.2) is 5.82 Å². The van der Waals surface area contributed by atoms with Crippen LogP contribution < -0.4 is 10.9 Å². The van der Waals surface area contributed by atoms with Gasteiger partial charge >= 0.3 is 0 Å². The Balaban J connectivity index is 1.64. The van der Waals surface area contributed by atoms with Gasteiger partial charge in [-0.15, -0.1) is 0 Å². The van der Waals surface area contributed by atoms with Gasteiger partial charge < -0.3 is 15.3 Å². The van der Waals surface area contributed by atoms with Crippen LogP contribution in [-0.2, 0) is 0 Å². The molecule has 4 aromatic rings. The Morgan fingerprint density at radius 3 is 2.84 bits per heavy atom. The average Bonchev–Trinajstić information content (AvgIpc) is 3.20. The standard InChI is InChI=1S/C22H20FN5O2S/c1-31-9-7-16(18-12-20(29)28-21(26-18)17-4-2-3-8-24-17)27-22(30)19-11-13-10-14(23)5-6-15(13)25-19/h2-6,8,10-12,16,25H,7,9H2,1H3,(H,27,30)(H,26,28,29). The van der Waals surface area contributed by atoms with Crippen molar-refractivity contribution in [1.29, 1.82) is 0 Å². The summed E-state index contributed by atoms with van der Waals surface area (Å²) in [6.45, 7) is 0. The third-order valence-corrected chi connectivity index (χ3v) is 5.41. The predicted octanol–water partition coefficient (Wildman–Crippen LogP) is 3.68. The second-order valence-corrected chi connectivity index (χ2v) is 7.94. The maximum atomic E-state index is 13.5. The minimum absolute atomic E-state index is 0.310. The fourth-order valence-corrected chi connectivity index (χ4v) is 3.74. The maximum absolute atomic E-state index is 13.5. The summed E-state index contributed by atoms with van der Waals surface area (Å²) in [7, 11) is 0. The monoisotopic (exact) mass is 437 g/mol. The number of aromatic amines is 2. The highest BCUT2D eigenvalue weighted by Crippen LogP contribution is 2.21. The quantitative estimate of drug-likeness (QED) is 0.409. The van der Waals surface area contributed by atoms with E-state index in [4.69, 9.17) is 0 Å². The number of hydrogen-bond donors (Lipinski definition) is 3. The van der Waals surface area contributed by atoms with Crippen molar-refractivity contribution in [3.63, 3.8) is 0 Å². The van der Waals surface area contributed by atoms with Crippen LogP contribution in [0.1, 0.15) is 28.6 Å². The van der Waals surface area contributed by atoms with E-state index in [2.05, 4.69) is 25.3 Å². The molecule has 0 saturated carbocycles. The van der Waals surface area contributed by atoms with Gasteiger partial charge in [0.05, 0.1) is 11.7 Å². The Kier molecular flexibility index (Phi) is 6.13. The molecule has 3 N–H and O–H groups in total. The molecule has 9 heteroatoms. The first-order valence-corrected chi connectivity index (χ1v) is 11.0. The summed E-state index contributed by atoms with van der Waals surface area (Å²) in [5.74, 6) is 0.374. The zero-order valence-electron chi connectivity index (χ0n) is 16.7. The zero-order chi connectivity index (χ0) is 21.8. The summed E-state index contributed by atoms with van der Waals surface area (Å²) >= 11 is 1.63. The molecule has 158 valence electrons. The van der Waals surface area contributed by atoms with Crippen LogP contribution >= 0.6 is 11.8 Å². The molecule has 0 bridgehead atoms. The lowest BCUT2D eigenvalue weighted by Gasteiger charge is -2.18. The smallest absolute Gasteiger partial charge is 0.268 e. The van der Waals surface area contributed by atoms with E-state index in [1.807, 2.05) is 6.26 Å². The number of amides is 1. The molecule has 1 amide bonds. The first-order valence-electron chi connectivity index (χ1n) is 9.64. The lowest BCUT2D eigenvalue weighted by atomic mass is 10.1. The van der Waals surface area contributed by atoms with Crippen LogP contribution in [0.3, 0.4) is 0 Å². The van der Waals surface area contributed by atoms with E-state index in [-0.39, 0.29) is 17.3 Å². The Morgan fingerprint density at radius 1 is 1.19 bits per heavy atom. The number of hydrogen-bond acceptors (Lipinski definition) is 5. The third kappa shape index (κ3) is 4.83. The van der Waals surface area contributed by atoms with Crippen LogP contribution in [0, 0.1) is 5.82 Å². The molecule has 1 atom stereocenters. The molecule has 1 aromatic carbocycles. The molecular weight excluding hydrogens is 417 g/mol. The van der Waals surface area contributed by atoms with Crippen molar-refractivity contribution in [2.45, 2.75) is 12.5 Å². The van der Waals surface area contributed by atoms with E-state index in [0.29, 0.717) is 40.2 Å². The number of rotatable bonds is 7. The number of benzene rings is 1. The van der Waals surface area contributed by atoms with Crippen molar-refractivity contribution in [3.8, 4) is 11.5 Å². The van der Waals surface area contributed by atoms with Crippen molar-refractivity contribution in [3.05, 3.63) is 82.3 Å². The van der Waals surface area contributed by atoms with Gasteiger partial charge in [-0.25, -0.2) is 9.37 Å².